The van der Waals surface area contributed by atoms with Crippen molar-refractivity contribution >= 4 is 20.0 Å². The number of rotatable bonds is 24. The molecule has 2 aliphatic heterocycles. The first-order chi connectivity index (χ1) is 22.3. The minimum atomic E-state index is -4.38. The molecule has 3 N–H and O–H groups in total. The SMILES string of the molecule is CCCCCCCCCCCCCCCCCCOP(=O)(O)OC[C@H]1O[C@@H](n2ccc(N=CN3CCCCC3)nc2=O)[C@@H](O)[C@@H]1O. The molecule has 2 aliphatic rings. The van der Waals surface area contributed by atoms with Gasteiger partial charge in [0.05, 0.1) is 19.6 Å². The number of piperidine rings is 1. The van der Waals surface area contributed by atoms with Gasteiger partial charge in [0.1, 0.15) is 18.3 Å². The summed E-state index contributed by atoms with van der Waals surface area (Å²) in [6.45, 7) is 3.66. The van der Waals surface area contributed by atoms with Gasteiger partial charge in [-0.2, -0.15) is 4.98 Å². The first-order valence-electron chi connectivity index (χ1n) is 17.8. The number of aliphatic hydroxyl groups is 2. The van der Waals surface area contributed by atoms with Crippen LogP contribution in [0.25, 0.3) is 0 Å². The molecular formula is C33H59N4O8P. The molecule has 0 spiro atoms. The second-order valence-corrected chi connectivity index (χ2v) is 14.2. The fourth-order valence-electron chi connectivity index (χ4n) is 5.98. The van der Waals surface area contributed by atoms with Gasteiger partial charge in [0.2, 0.25) is 0 Å². The largest absolute Gasteiger partial charge is 0.472 e. The minimum absolute atomic E-state index is 0.0825. The van der Waals surface area contributed by atoms with Crippen LogP contribution in [0.5, 0.6) is 0 Å². The van der Waals surface area contributed by atoms with Gasteiger partial charge in [-0.25, -0.2) is 14.4 Å². The van der Waals surface area contributed by atoms with E-state index in [1.54, 1.807) is 6.34 Å². The van der Waals surface area contributed by atoms with Crippen molar-refractivity contribution < 1.29 is 33.5 Å². The summed E-state index contributed by atoms with van der Waals surface area (Å²) in [6, 6.07) is 1.52. The number of hydrogen-bond donors (Lipinski definition) is 3. The van der Waals surface area contributed by atoms with Gasteiger partial charge >= 0.3 is 13.5 Å². The van der Waals surface area contributed by atoms with Crippen molar-refractivity contribution in [3.8, 4) is 0 Å². The van der Waals surface area contributed by atoms with E-state index in [9.17, 15) is 24.5 Å². The Morgan fingerprint density at radius 1 is 0.891 bits per heavy atom. The van der Waals surface area contributed by atoms with Crippen LogP contribution in [-0.2, 0) is 18.3 Å². The summed E-state index contributed by atoms with van der Waals surface area (Å²) in [5.74, 6) is 0.224. The number of hydrogen-bond acceptors (Lipinski definition) is 9. The van der Waals surface area contributed by atoms with Crippen LogP contribution in [0.4, 0.5) is 5.82 Å². The predicted octanol–water partition coefficient (Wildman–Crippen LogP) is 6.40. The van der Waals surface area contributed by atoms with Crippen LogP contribution >= 0.6 is 7.82 Å². The van der Waals surface area contributed by atoms with Crippen LogP contribution in [-0.4, -0.2) is 80.5 Å². The van der Waals surface area contributed by atoms with Crippen LogP contribution in [0.15, 0.2) is 22.1 Å². The van der Waals surface area contributed by atoms with Crippen molar-refractivity contribution in [1.82, 2.24) is 14.5 Å². The Balaban J connectivity index is 1.24. The van der Waals surface area contributed by atoms with E-state index >= 15 is 0 Å². The summed E-state index contributed by atoms with van der Waals surface area (Å²) in [5, 5.41) is 21.0. The molecule has 46 heavy (non-hydrogen) atoms. The molecule has 1 aromatic heterocycles. The zero-order valence-corrected chi connectivity index (χ0v) is 28.8. The van der Waals surface area contributed by atoms with Crippen molar-refractivity contribution in [2.45, 2.75) is 153 Å². The fourth-order valence-corrected chi connectivity index (χ4v) is 6.75. The van der Waals surface area contributed by atoms with Crippen molar-refractivity contribution in [1.29, 1.82) is 0 Å². The molecule has 0 aromatic carbocycles. The number of nitrogens with zero attached hydrogens (tertiary/aromatic N) is 4. The first-order valence-corrected chi connectivity index (χ1v) is 19.3. The highest BCUT2D eigenvalue weighted by molar-refractivity contribution is 7.47. The van der Waals surface area contributed by atoms with E-state index < -0.39 is 44.7 Å². The summed E-state index contributed by atoms with van der Waals surface area (Å²) in [5.41, 5.74) is -0.707. The number of ether oxygens (including phenoxy) is 1. The van der Waals surface area contributed by atoms with Crippen LogP contribution < -0.4 is 5.69 Å². The van der Waals surface area contributed by atoms with Crippen molar-refractivity contribution in [2.75, 3.05) is 26.3 Å². The van der Waals surface area contributed by atoms with Crippen LogP contribution in [0.1, 0.15) is 135 Å². The Morgan fingerprint density at radius 3 is 2.02 bits per heavy atom. The molecule has 0 bridgehead atoms. The average Bonchev–Trinajstić information content (AvgIpc) is 3.33. The Kier molecular flexibility index (Phi) is 18.6. The lowest BCUT2D eigenvalue weighted by Crippen LogP contribution is -2.36. The monoisotopic (exact) mass is 670 g/mol. The predicted molar refractivity (Wildman–Crippen MR) is 179 cm³/mol. The second kappa shape index (κ2) is 22.1. The summed E-state index contributed by atoms with van der Waals surface area (Å²) in [7, 11) is -4.38. The van der Waals surface area contributed by atoms with Crippen molar-refractivity contribution in [3.05, 3.63) is 22.7 Å². The normalized spacial score (nSPS) is 23.3. The topological polar surface area (TPSA) is 156 Å². The Hall–Kier alpha value is -1.66. The van der Waals surface area contributed by atoms with E-state index in [-0.39, 0.29) is 12.4 Å². The number of phosphoric ester groups is 1. The second-order valence-electron chi connectivity index (χ2n) is 12.8. The lowest BCUT2D eigenvalue weighted by atomic mass is 10.0. The van der Waals surface area contributed by atoms with Gasteiger partial charge in [-0.1, -0.05) is 103 Å². The molecule has 5 atom stereocenters. The van der Waals surface area contributed by atoms with Gasteiger partial charge in [0, 0.05) is 19.3 Å². The van der Waals surface area contributed by atoms with Gasteiger partial charge < -0.3 is 24.7 Å². The Labute approximate surface area is 275 Å². The molecule has 2 fully saturated rings. The summed E-state index contributed by atoms with van der Waals surface area (Å²) >= 11 is 0. The van der Waals surface area contributed by atoms with Crippen LogP contribution in [0, 0.1) is 0 Å². The van der Waals surface area contributed by atoms with E-state index in [1.807, 2.05) is 0 Å². The lowest BCUT2D eigenvalue weighted by Gasteiger charge is -2.23. The fraction of sp³-hybridized carbons (Fsp3) is 0.848. The molecule has 0 aliphatic carbocycles. The van der Waals surface area contributed by atoms with Gasteiger partial charge in [-0.15, -0.1) is 0 Å². The number of aliphatic imine (C=N–C) groups is 1. The quantitative estimate of drug-likeness (QED) is 0.0487. The van der Waals surface area contributed by atoms with Gasteiger partial charge in [0.25, 0.3) is 0 Å². The molecule has 12 nitrogen and oxygen atoms in total. The van der Waals surface area contributed by atoms with Gasteiger partial charge in [-0.05, 0) is 31.7 Å². The summed E-state index contributed by atoms with van der Waals surface area (Å²) < 4.78 is 29.2. The molecule has 3 rings (SSSR count). The number of unbranched alkanes of at least 4 members (excludes halogenated alkanes) is 15. The maximum atomic E-state index is 12.6. The molecule has 13 heteroatoms. The zero-order chi connectivity index (χ0) is 33.0. The van der Waals surface area contributed by atoms with E-state index in [0.29, 0.717) is 6.42 Å². The third kappa shape index (κ3) is 14.6. The van der Waals surface area contributed by atoms with E-state index in [4.69, 9.17) is 13.8 Å². The Bertz CT molecular complexity index is 1100. The molecule has 1 unspecified atom stereocenters. The highest BCUT2D eigenvalue weighted by Gasteiger charge is 2.45. The molecular weight excluding hydrogens is 611 g/mol. The number of aliphatic hydroxyl groups excluding tert-OH is 2. The third-order valence-corrected chi connectivity index (χ3v) is 9.81. The standard InChI is InChI=1S/C33H59N4O8P/c1-2-3-4-5-6-7-8-9-10-11-12-13-14-15-16-20-25-43-46(41,42)44-26-28-30(38)31(39)32(45-28)37-24-21-29(35-33(37)40)34-27-36-22-18-17-19-23-36/h21,24,27-28,30-32,38-39H,2-20,22-23,25-26H2,1H3,(H,41,42)/t28-,30-,31+,32-/m1/s1. The molecule has 2 saturated heterocycles. The highest BCUT2D eigenvalue weighted by atomic mass is 31.2. The summed E-state index contributed by atoms with van der Waals surface area (Å²) in [6.07, 6.45) is 20.9. The van der Waals surface area contributed by atoms with Crippen LogP contribution in [0.2, 0.25) is 0 Å². The van der Waals surface area contributed by atoms with E-state index in [0.717, 1.165) is 49.8 Å². The first kappa shape index (κ1) is 38.8. The number of likely N-dealkylation sites (tertiary alicyclic amines) is 1. The molecule has 0 amide bonds. The molecule has 0 saturated carbocycles. The van der Waals surface area contributed by atoms with Gasteiger partial charge in [0.15, 0.2) is 12.0 Å². The smallest absolute Gasteiger partial charge is 0.387 e. The third-order valence-electron chi connectivity index (χ3n) is 8.82. The molecule has 264 valence electrons. The number of phosphoric acid groups is 1. The molecule has 3 heterocycles. The zero-order valence-electron chi connectivity index (χ0n) is 27.9. The minimum Gasteiger partial charge on any atom is -0.387 e. The van der Waals surface area contributed by atoms with Crippen molar-refractivity contribution in [2.24, 2.45) is 4.99 Å². The van der Waals surface area contributed by atoms with E-state index in [1.165, 1.54) is 95.7 Å². The maximum absolute atomic E-state index is 12.6. The number of aromatic nitrogens is 2. The highest BCUT2D eigenvalue weighted by Crippen LogP contribution is 2.44. The summed E-state index contributed by atoms with van der Waals surface area (Å²) in [4.78, 5) is 33.0. The maximum Gasteiger partial charge on any atom is 0.472 e. The Morgan fingerprint density at radius 2 is 1.46 bits per heavy atom. The average molecular weight is 671 g/mol. The lowest BCUT2D eigenvalue weighted by molar-refractivity contribution is -0.0551. The van der Waals surface area contributed by atoms with Gasteiger partial charge in [-0.3, -0.25) is 13.6 Å². The van der Waals surface area contributed by atoms with E-state index in [2.05, 4.69) is 21.8 Å². The molecule has 1 aromatic rings. The molecule has 0 radical (unpaired) electrons. The van der Waals surface area contributed by atoms with Crippen LogP contribution in [0.3, 0.4) is 0 Å². The van der Waals surface area contributed by atoms with Crippen molar-refractivity contribution in [3.63, 3.8) is 0 Å².